The van der Waals surface area contributed by atoms with Crippen molar-refractivity contribution in [2.45, 2.75) is 0 Å². The fourth-order valence-electron chi connectivity index (χ4n) is 2.45. The molecule has 0 aliphatic carbocycles. The number of carbonyl (C=O) groups is 1. The lowest BCUT2D eigenvalue weighted by Crippen LogP contribution is -2.08. The Hall–Kier alpha value is -3.80. The molecule has 0 saturated carbocycles. The molecule has 0 spiro atoms. The third-order valence-electron chi connectivity index (χ3n) is 3.74. The summed E-state index contributed by atoms with van der Waals surface area (Å²) in [6.45, 7) is 0. The number of carbonyl (C=O) groups excluding carboxylic acids is 1. The van der Waals surface area contributed by atoms with Crippen LogP contribution in [0.2, 0.25) is 0 Å². The van der Waals surface area contributed by atoms with Crippen LogP contribution in [0.1, 0.15) is 10.4 Å². The highest BCUT2D eigenvalue weighted by molar-refractivity contribution is 5.90. The van der Waals surface area contributed by atoms with Gasteiger partial charge in [0.05, 0.1) is 10.9 Å². The van der Waals surface area contributed by atoms with E-state index in [-0.39, 0.29) is 11.4 Å². The maximum Gasteiger partial charge on any atom is 0.345 e. The number of rotatable bonds is 3. The first-order valence-corrected chi connectivity index (χ1v) is 7.83. The minimum atomic E-state index is -0.499. The van der Waals surface area contributed by atoms with Crippen LogP contribution in [0.5, 0.6) is 5.75 Å². The van der Waals surface area contributed by atoms with Crippen LogP contribution in [0, 0.1) is 0 Å². The summed E-state index contributed by atoms with van der Waals surface area (Å²) in [6.07, 6.45) is 3.01. The fourth-order valence-corrected chi connectivity index (χ4v) is 2.45. The molecular weight excluding hydrogens is 332 g/mol. The molecular formula is C20H12N2O4. The molecule has 4 aromatic rings. The van der Waals surface area contributed by atoms with Crippen LogP contribution in [-0.4, -0.2) is 15.9 Å². The zero-order chi connectivity index (χ0) is 17.9. The second-order valence-electron chi connectivity index (χ2n) is 5.48. The normalized spacial score (nSPS) is 10.6. The van der Waals surface area contributed by atoms with Crippen molar-refractivity contribution >= 4 is 16.9 Å². The van der Waals surface area contributed by atoms with Gasteiger partial charge < -0.3 is 9.15 Å². The van der Waals surface area contributed by atoms with Gasteiger partial charge in [0, 0.05) is 18.0 Å². The third kappa shape index (κ3) is 3.08. The first kappa shape index (κ1) is 15.7. The van der Waals surface area contributed by atoms with E-state index in [2.05, 4.69) is 9.97 Å². The summed E-state index contributed by atoms with van der Waals surface area (Å²) in [5.41, 5.74) is 1.08. The molecule has 0 saturated heterocycles. The fraction of sp³-hybridized carbons (Fsp3) is 0. The maximum atomic E-state index is 12.1. The second-order valence-corrected chi connectivity index (χ2v) is 5.48. The Morgan fingerprint density at radius 3 is 2.54 bits per heavy atom. The molecule has 0 unspecified atom stereocenters. The Morgan fingerprint density at radius 1 is 0.962 bits per heavy atom. The third-order valence-corrected chi connectivity index (χ3v) is 3.74. The number of hydrogen-bond donors (Lipinski definition) is 0. The highest BCUT2D eigenvalue weighted by atomic mass is 16.5. The van der Waals surface area contributed by atoms with Gasteiger partial charge in [0.15, 0.2) is 0 Å². The average Bonchev–Trinajstić information content (AvgIpc) is 2.69. The number of nitrogens with zero attached hydrogens (tertiary/aromatic N) is 2. The highest BCUT2D eigenvalue weighted by Gasteiger charge is 2.11. The van der Waals surface area contributed by atoms with E-state index in [1.807, 2.05) is 0 Å². The topological polar surface area (TPSA) is 82.3 Å². The number of fused-ring (bicyclic) bond motifs is 1. The number of para-hydroxylation sites is 1. The summed E-state index contributed by atoms with van der Waals surface area (Å²) >= 11 is 0. The van der Waals surface area contributed by atoms with Crippen LogP contribution >= 0.6 is 0 Å². The van der Waals surface area contributed by atoms with Crippen LogP contribution in [0.25, 0.3) is 22.4 Å². The van der Waals surface area contributed by atoms with Crippen molar-refractivity contribution in [2.75, 3.05) is 0 Å². The molecule has 0 N–H and O–H groups in total. The van der Waals surface area contributed by atoms with Gasteiger partial charge in [-0.15, -0.1) is 0 Å². The number of ether oxygens (including phenoxy) is 1. The quantitative estimate of drug-likeness (QED) is 0.418. The summed E-state index contributed by atoms with van der Waals surface area (Å²) in [5.74, 6) is 0.0748. The molecule has 0 fully saturated rings. The van der Waals surface area contributed by atoms with E-state index in [1.54, 1.807) is 66.9 Å². The van der Waals surface area contributed by atoms with Crippen molar-refractivity contribution in [3.05, 3.63) is 89.0 Å². The van der Waals surface area contributed by atoms with Gasteiger partial charge in [-0.05, 0) is 48.5 Å². The number of aromatic nitrogens is 2. The van der Waals surface area contributed by atoms with E-state index in [0.717, 1.165) is 0 Å². The van der Waals surface area contributed by atoms with Gasteiger partial charge in [-0.2, -0.15) is 4.98 Å². The minimum absolute atomic E-state index is 0.207. The Morgan fingerprint density at radius 2 is 1.77 bits per heavy atom. The predicted molar refractivity (Wildman–Crippen MR) is 94.9 cm³/mol. The van der Waals surface area contributed by atoms with E-state index in [0.29, 0.717) is 27.8 Å². The van der Waals surface area contributed by atoms with E-state index in [1.165, 1.54) is 6.20 Å². The second kappa shape index (κ2) is 6.60. The van der Waals surface area contributed by atoms with Crippen molar-refractivity contribution < 1.29 is 13.9 Å². The maximum absolute atomic E-state index is 12.1. The molecule has 2 aromatic heterocycles. The van der Waals surface area contributed by atoms with Crippen molar-refractivity contribution in [1.29, 1.82) is 0 Å². The van der Waals surface area contributed by atoms with Gasteiger partial charge in [0.2, 0.25) is 5.89 Å². The van der Waals surface area contributed by atoms with Gasteiger partial charge in [-0.25, -0.2) is 4.79 Å². The summed E-state index contributed by atoms with van der Waals surface area (Å²) in [4.78, 5) is 32.0. The number of hydrogen-bond acceptors (Lipinski definition) is 6. The van der Waals surface area contributed by atoms with Gasteiger partial charge >= 0.3 is 5.97 Å². The molecule has 0 atom stereocenters. The molecule has 0 aliphatic heterocycles. The predicted octanol–water partition coefficient (Wildman–Crippen LogP) is 3.47. The zero-order valence-corrected chi connectivity index (χ0v) is 13.5. The van der Waals surface area contributed by atoms with Crippen molar-refractivity contribution in [3.63, 3.8) is 0 Å². The van der Waals surface area contributed by atoms with Crippen molar-refractivity contribution in [1.82, 2.24) is 9.97 Å². The number of esters is 1. The Balaban J connectivity index is 1.60. The minimum Gasteiger partial charge on any atom is -0.437 e. The molecule has 26 heavy (non-hydrogen) atoms. The molecule has 0 amide bonds. The van der Waals surface area contributed by atoms with E-state index in [9.17, 15) is 9.59 Å². The van der Waals surface area contributed by atoms with Crippen molar-refractivity contribution in [3.8, 4) is 17.2 Å². The lowest BCUT2D eigenvalue weighted by molar-refractivity contribution is 0.0734. The molecule has 0 aliphatic rings. The monoisotopic (exact) mass is 344 g/mol. The van der Waals surface area contributed by atoms with E-state index < -0.39 is 5.97 Å². The van der Waals surface area contributed by atoms with Crippen LogP contribution < -0.4 is 10.3 Å². The summed E-state index contributed by atoms with van der Waals surface area (Å²) < 4.78 is 11.0. The highest BCUT2D eigenvalue weighted by Crippen LogP contribution is 2.23. The summed E-state index contributed by atoms with van der Waals surface area (Å²) in [5, 5.41) is 0.429. The van der Waals surface area contributed by atoms with Crippen LogP contribution in [0.15, 0.2) is 82.3 Å². The van der Waals surface area contributed by atoms with Crippen LogP contribution in [0.4, 0.5) is 0 Å². The molecule has 2 aromatic carbocycles. The first-order chi connectivity index (χ1) is 12.7. The van der Waals surface area contributed by atoms with Gasteiger partial charge in [-0.3, -0.25) is 9.78 Å². The molecule has 0 bridgehead atoms. The molecule has 6 nitrogen and oxygen atoms in total. The van der Waals surface area contributed by atoms with Gasteiger partial charge in [0.1, 0.15) is 11.3 Å². The molecule has 126 valence electrons. The van der Waals surface area contributed by atoms with E-state index in [4.69, 9.17) is 9.15 Å². The molecule has 6 heteroatoms. The number of pyridine rings is 1. The Kier molecular flexibility index (Phi) is 3.99. The number of benzene rings is 2. The first-order valence-electron chi connectivity index (χ1n) is 7.83. The summed E-state index contributed by atoms with van der Waals surface area (Å²) in [6, 6.07) is 16.8. The van der Waals surface area contributed by atoms with E-state index >= 15 is 0 Å². The smallest absolute Gasteiger partial charge is 0.345 e. The van der Waals surface area contributed by atoms with Crippen LogP contribution in [-0.2, 0) is 0 Å². The summed E-state index contributed by atoms with van der Waals surface area (Å²) in [7, 11) is 0. The van der Waals surface area contributed by atoms with Gasteiger partial charge in [-0.1, -0.05) is 12.1 Å². The molecule has 0 radical (unpaired) electrons. The zero-order valence-electron chi connectivity index (χ0n) is 13.5. The standard InChI is InChI=1S/C20H12N2O4/c23-18-16-5-1-2-6-17(16)26-19(22-18)13-7-9-15(10-8-13)25-20(24)14-4-3-11-21-12-14/h1-12H. The SMILES string of the molecule is O=C(Oc1ccc(-c2nc(=O)c3ccccc3o2)cc1)c1cccnc1. The van der Waals surface area contributed by atoms with Crippen LogP contribution in [0.3, 0.4) is 0 Å². The molecule has 2 heterocycles. The molecule has 4 rings (SSSR count). The van der Waals surface area contributed by atoms with Crippen molar-refractivity contribution in [2.24, 2.45) is 0 Å². The Labute approximate surface area is 147 Å². The lowest BCUT2D eigenvalue weighted by atomic mass is 10.2. The lowest BCUT2D eigenvalue weighted by Gasteiger charge is -2.05. The van der Waals surface area contributed by atoms with Gasteiger partial charge in [0.25, 0.3) is 5.56 Å². The average molecular weight is 344 g/mol. The largest absolute Gasteiger partial charge is 0.437 e. The Bertz CT molecular complexity index is 1140.